The van der Waals surface area contributed by atoms with E-state index in [9.17, 15) is 13.2 Å². The predicted octanol–water partition coefficient (Wildman–Crippen LogP) is 2.96. The first-order valence-corrected chi connectivity index (χ1v) is 12.4. The lowest BCUT2D eigenvalue weighted by molar-refractivity contribution is 0.0644. The van der Waals surface area contributed by atoms with Crippen LogP contribution < -0.4 is 9.62 Å². The summed E-state index contributed by atoms with van der Waals surface area (Å²) in [6.45, 7) is 4.92. The lowest BCUT2D eigenvalue weighted by Crippen LogP contribution is -2.30. The van der Waals surface area contributed by atoms with E-state index in [2.05, 4.69) is 22.0 Å². The van der Waals surface area contributed by atoms with Crippen LogP contribution in [0.4, 0.5) is 5.13 Å². The predicted molar refractivity (Wildman–Crippen MR) is 115 cm³/mol. The van der Waals surface area contributed by atoms with Crippen molar-refractivity contribution in [3.05, 3.63) is 46.5 Å². The van der Waals surface area contributed by atoms with E-state index in [1.54, 1.807) is 6.92 Å². The molecule has 29 heavy (non-hydrogen) atoms. The number of thiazole rings is 1. The molecule has 1 aliphatic rings. The van der Waals surface area contributed by atoms with Crippen LogP contribution in [-0.2, 0) is 21.3 Å². The zero-order chi connectivity index (χ0) is 20.9. The molecular formula is C20H27N3O4S2. The second-order valence-electron chi connectivity index (χ2n) is 7.36. The van der Waals surface area contributed by atoms with Crippen LogP contribution in [0.5, 0.6) is 0 Å². The van der Waals surface area contributed by atoms with Crippen molar-refractivity contribution in [2.45, 2.75) is 32.7 Å². The number of benzene rings is 1. The minimum Gasteiger partial charge on any atom is -0.381 e. The molecule has 0 bridgehead atoms. The second kappa shape index (κ2) is 9.69. The fourth-order valence-electron chi connectivity index (χ4n) is 3.36. The monoisotopic (exact) mass is 437 g/mol. The first-order valence-electron chi connectivity index (χ1n) is 9.68. The van der Waals surface area contributed by atoms with Gasteiger partial charge in [-0.1, -0.05) is 30.3 Å². The van der Waals surface area contributed by atoms with Crippen molar-refractivity contribution in [1.29, 1.82) is 0 Å². The van der Waals surface area contributed by atoms with Gasteiger partial charge in [0.05, 0.1) is 6.26 Å². The quantitative estimate of drug-likeness (QED) is 0.683. The van der Waals surface area contributed by atoms with Crippen LogP contribution in [0.1, 0.15) is 40.2 Å². The highest BCUT2D eigenvalue weighted by Gasteiger charge is 2.22. The summed E-state index contributed by atoms with van der Waals surface area (Å²) in [6, 6.07) is 10.1. The Morgan fingerprint density at radius 2 is 1.97 bits per heavy atom. The standard InChI is InChI=1S/C20H27N3O4S2/c1-15-18(19(24)22-29(2,25)26)21-20(28-15)23(14-17-6-4-3-5-7-17)11-8-16-9-12-27-13-10-16/h3-7,16H,8-14H2,1-2H3,(H,22,24). The number of aryl methyl sites for hydroxylation is 1. The smallest absolute Gasteiger partial charge is 0.284 e. The third-order valence-electron chi connectivity index (χ3n) is 4.91. The summed E-state index contributed by atoms with van der Waals surface area (Å²) in [4.78, 5) is 19.7. The first kappa shape index (κ1) is 21.7. The van der Waals surface area contributed by atoms with Gasteiger partial charge in [0.2, 0.25) is 10.0 Å². The van der Waals surface area contributed by atoms with Gasteiger partial charge >= 0.3 is 0 Å². The van der Waals surface area contributed by atoms with Crippen LogP contribution in [-0.4, -0.2) is 45.3 Å². The van der Waals surface area contributed by atoms with Crippen LogP contribution in [0.2, 0.25) is 0 Å². The zero-order valence-corrected chi connectivity index (χ0v) is 18.4. The maximum absolute atomic E-state index is 12.3. The van der Waals surface area contributed by atoms with Crippen molar-refractivity contribution >= 4 is 32.4 Å². The summed E-state index contributed by atoms with van der Waals surface area (Å²) < 4.78 is 30.3. The number of nitrogens with zero attached hydrogens (tertiary/aromatic N) is 2. The third-order valence-corrected chi connectivity index (χ3v) is 6.50. The molecule has 7 nitrogen and oxygen atoms in total. The topological polar surface area (TPSA) is 88.6 Å². The van der Waals surface area contributed by atoms with E-state index in [1.165, 1.54) is 11.3 Å². The van der Waals surface area contributed by atoms with Gasteiger partial charge in [0.1, 0.15) is 5.69 Å². The number of hydrogen-bond acceptors (Lipinski definition) is 7. The molecule has 1 aliphatic heterocycles. The highest BCUT2D eigenvalue weighted by Crippen LogP contribution is 2.29. The molecule has 0 aliphatic carbocycles. The number of carbonyl (C=O) groups is 1. The molecule has 1 N–H and O–H groups in total. The van der Waals surface area contributed by atoms with Crippen LogP contribution >= 0.6 is 11.3 Å². The average molecular weight is 438 g/mol. The first-order chi connectivity index (χ1) is 13.8. The molecule has 1 aromatic carbocycles. The fraction of sp³-hybridized carbons (Fsp3) is 0.500. The minimum absolute atomic E-state index is 0.166. The lowest BCUT2D eigenvalue weighted by Gasteiger charge is -2.27. The highest BCUT2D eigenvalue weighted by molar-refractivity contribution is 7.89. The van der Waals surface area contributed by atoms with Crippen LogP contribution in [0.3, 0.4) is 0 Å². The third kappa shape index (κ3) is 6.52. The number of carbonyl (C=O) groups excluding carboxylic acids is 1. The molecule has 1 saturated heterocycles. The Kier molecular flexibility index (Phi) is 7.26. The summed E-state index contributed by atoms with van der Waals surface area (Å²) >= 11 is 1.42. The maximum atomic E-state index is 12.3. The number of anilines is 1. The van der Waals surface area contributed by atoms with Gasteiger partial charge in [0, 0.05) is 31.2 Å². The Balaban J connectivity index is 1.79. The molecule has 0 saturated carbocycles. The number of aromatic nitrogens is 1. The van der Waals surface area contributed by atoms with Gasteiger partial charge in [-0.05, 0) is 37.7 Å². The summed E-state index contributed by atoms with van der Waals surface area (Å²) in [5.41, 5.74) is 1.33. The van der Waals surface area contributed by atoms with Gasteiger partial charge in [-0.2, -0.15) is 0 Å². The maximum Gasteiger partial charge on any atom is 0.284 e. The summed E-state index contributed by atoms with van der Waals surface area (Å²) in [6.07, 6.45) is 4.12. The normalized spacial score (nSPS) is 15.2. The van der Waals surface area contributed by atoms with Crippen molar-refractivity contribution in [1.82, 2.24) is 9.71 Å². The molecule has 9 heteroatoms. The molecule has 0 spiro atoms. The van der Waals surface area contributed by atoms with Gasteiger partial charge in [0.15, 0.2) is 5.13 Å². The number of hydrogen-bond donors (Lipinski definition) is 1. The molecule has 0 unspecified atom stereocenters. The van der Waals surface area contributed by atoms with Crippen LogP contribution in [0.15, 0.2) is 30.3 Å². The van der Waals surface area contributed by atoms with Gasteiger partial charge < -0.3 is 9.64 Å². The van der Waals surface area contributed by atoms with Crippen molar-refractivity contribution in [3.8, 4) is 0 Å². The summed E-state index contributed by atoms with van der Waals surface area (Å²) in [5.74, 6) is -0.0623. The fourth-order valence-corrected chi connectivity index (χ4v) is 4.73. The number of nitrogens with one attached hydrogen (secondary N) is 1. The Hall–Kier alpha value is -1.97. The van der Waals surface area contributed by atoms with Crippen molar-refractivity contribution in [2.24, 2.45) is 5.92 Å². The average Bonchev–Trinajstić information content (AvgIpc) is 3.07. The largest absolute Gasteiger partial charge is 0.381 e. The highest BCUT2D eigenvalue weighted by atomic mass is 32.2. The molecule has 0 atom stereocenters. The van der Waals surface area contributed by atoms with Gasteiger partial charge in [-0.3, -0.25) is 4.79 Å². The molecule has 1 fully saturated rings. The van der Waals surface area contributed by atoms with E-state index < -0.39 is 15.9 Å². The van der Waals surface area contributed by atoms with E-state index in [-0.39, 0.29) is 5.69 Å². The van der Waals surface area contributed by atoms with Crippen LogP contribution in [0, 0.1) is 12.8 Å². The number of ether oxygens (including phenoxy) is 1. The second-order valence-corrected chi connectivity index (χ2v) is 10.3. The molecule has 3 rings (SSSR count). The molecule has 2 heterocycles. The van der Waals surface area contributed by atoms with Gasteiger partial charge in [-0.25, -0.2) is 18.1 Å². The minimum atomic E-state index is -3.63. The van der Waals surface area contributed by atoms with Gasteiger partial charge in [0.25, 0.3) is 5.91 Å². The molecular weight excluding hydrogens is 410 g/mol. The van der Waals surface area contributed by atoms with E-state index >= 15 is 0 Å². The van der Waals surface area contributed by atoms with Crippen LogP contribution in [0.25, 0.3) is 0 Å². The Labute approximate surface area is 176 Å². The van der Waals surface area contributed by atoms with Crippen molar-refractivity contribution in [2.75, 3.05) is 30.9 Å². The lowest BCUT2D eigenvalue weighted by atomic mass is 9.96. The Morgan fingerprint density at radius 3 is 2.62 bits per heavy atom. The number of sulfonamides is 1. The van der Waals surface area contributed by atoms with Crippen molar-refractivity contribution < 1.29 is 17.9 Å². The summed E-state index contributed by atoms with van der Waals surface area (Å²) in [7, 11) is -3.63. The summed E-state index contributed by atoms with van der Waals surface area (Å²) in [5, 5.41) is 0.733. The van der Waals surface area contributed by atoms with Crippen molar-refractivity contribution in [3.63, 3.8) is 0 Å². The Morgan fingerprint density at radius 1 is 1.28 bits per heavy atom. The molecule has 158 valence electrons. The molecule has 1 amide bonds. The molecule has 1 aromatic heterocycles. The zero-order valence-electron chi connectivity index (χ0n) is 16.8. The Bertz CT molecular complexity index is 922. The molecule has 0 radical (unpaired) electrons. The number of amides is 1. The number of rotatable bonds is 8. The van der Waals surface area contributed by atoms with Gasteiger partial charge in [-0.15, -0.1) is 11.3 Å². The SMILES string of the molecule is Cc1sc(N(CCC2CCOCC2)Cc2ccccc2)nc1C(=O)NS(C)(=O)=O. The van der Waals surface area contributed by atoms with E-state index in [1.807, 2.05) is 22.9 Å². The molecule has 2 aromatic rings. The van der Waals surface area contributed by atoms with E-state index in [0.29, 0.717) is 17.3 Å². The van der Waals surface area contributed by atoms with E-state index in [4.69, 9.17) is 4.74 Å². The van der Waals surface area contributed by atoms with E-state index in [0.717, 1.165) is 56.0 Å².